The number of hydrogen-bond donors (Lipinski definition) is 1. The molecule has 2 aromatic carbocycles. The Hall–Kier alpha value is -2.33. The van der Waals surface area contributed by atoms with E-state index in [2.05, 4.69) is 41.7 Å². The lowest BCUT2D eigenvalue weighted by Crippen LogP contribution is -2.47. The summed E-state index contributed by atoms with van der Waals surface area (Å²) in [6.07, 6.45) is 2.85. The lowest BCUT2D eigenvalue weighted by Gasteiger charge is -2.23. The van der Waals surface area contributed by atoms with Crippen LogP contribution in [0.15, 0.2) is 48.5 Å². The van der Waals surface area contributed by atoms with Gasteiger partial charge in [-0.2, -0.15) is 0 Å². The Balaban J connectivity index is 1.54. The molecule has 2 aliphatic rings. The van der Waals surface area contributed by atoms with E-state index in [4.69, 9.17) is 4.74 Å². The van der Waals surface area contributed by atoms with Gasteiger partial charge in [-0.05, 0) is 61.1 Å². The average Bonchev–Trinajstić information content (AvgIpc) is 3.23. The van der Waals surface area contributed by atoms with Crippen molar-refractivity contribution in [3.8, 4) is 16.9 Å². The predicted molar refractivity (Wildman–Crippen MR) is 103 cm³/mol. The van der Waals surface area contributed by atoms with E-state index in [1.54, 1.807) is 0 Å². The molecule has 0 aromatic heterocycles. The SMILES string of the molecule is CCOc1ccc(-c2cccc([C@H]3CC[C@]4(CCN(C)C4=O)N3)c2)cc1. The van der Waals surface area contributed by atoms with Crippen molar-refractivity contribution >= 4 is 5.91 Å². The van der Waals surface area contributed by atoms with Gasteiger partial charge in [0.25, 0.3) is 0 Å². The molecule has 136 valence electrons. The van der Waals surface area contributed by atoms with E-state index in [-0.39, 0.29) is 17.5 Å². The molecule has 0 aliphatic carbocycles. The molecular weight excluding hydrogens is 324 g/mol. The minimum absolute atomic E-state index is 0.244. The molecule has 1 amide bonds. The minimum atomic E-state index is -0.339. The summed E-state index contributed by atoms with van der Waals surface area (Å²) in [6, 6.07) is 17.1. The maximum atomic E-state index is 12.5. The van der Waals surface area contributed by atoms with Crippen LogP contribution < -0.4 is 10.1 Å². The van der Waals surface area contributed by atoms with E-state index in [0.29, 0.717) is 6.61 Å². The number of nitrogens with zero attached hydrogens (tertiary/aromatic N) is 1. The maximum absolute atomic E-state index is 12.5. The topological polar surface area (TPSA) is 41.6 Å². The molecule has 0 unspecified atom stereocenters. The fourth-order valence-corrected chi connectivity index (χ4v) is 4.26. The lowest BCUT2D eigenvalue weighted by molar-refractivity contribution is -0.131. The summed E-state index contributed by atoms with van der Waals surface area (Å²) in [5.74, 6) is 1.15. The van der Waals surface area contributed by atoms with Crippen LogP contribution >= 0.6 is 0 Å². The minimum Gasteiger partial charge on any atom is -0.494 e. The third-order valence-corrected chi connectivity index (χ3v) is 5.73. The van der Waals surface area contributed by atoms with Gasteiger partial charge < -0.3 is 9.64 Å². The average molecular weight is 350 g/mol. The van der Waals surface area contributed by atoms with Gasteiger partial charge in [-0.3, -0.25) is 10.1 Å². The molecule has 4 heteroatoms. The van der Waals surface area contributed by atoms with Gasteiger partial charge in [-0.25, -0.2) is 0 Å². The van der Waals surface area contributed by atoms with Gasteiger partial charge in [0.05, 0.1) is 6.61 Å². The molecule has 2 aromatic rings. The predicted octanol–water partition coefficient (Wildman–Crippen LogP) is 3.78. The molecule has 1 spiro atoms. The van der Waals surface area contributed by atoms with Crippen LogP contribution in [-0.4, -0.2) is 36.5 Å². The number of amides is 1. The van der Waals surface area contributed by atoms with Crippen molar-refractivity contribution in [1.29, 1.82) is 0 Å². The highest BCUT2D eigenvalue weighted by molar-refractivity contribution is 5.88. The van der Waals surface area contributed by atoms with Crippen molar-refractivity contribution in [2.45, 2.75) is 37.8 Å². The molecule has 4 rings (SSSR count). The van der Waals surface area contributed by atoms with E-state index < -0.39 is 0 Å². The fourth-order valence-electron chi connectivity index (χ4n) is 4.26. The normalized spacial score (nSPS) is 25.2. The van der Waals surface area contributed by atoms with Crippen LogP contribution in [-0.2, 0) is 4.79 Å². The highest BCUT2D eigenvalue weighted by atomic mass is 16.5. The van der Waals surface area contributed by atoms with Crippen LogP contribution in [0.3, 0.4) is 0 Å². The van der Waals surface area contributed by atoms with E-state index in [1.165, 1.54) is 16.7 Å². The second-order valence-corrected chi connectivity index (χ2v) is 7.38. The van der Waals surface area contributed by atoms with Crippen LogP contribution in [0.5, 0.6) is 5.75 Å². The smallest absolute Gasteiger partial charge is 0.242 e. The van der Waals surface area contributed by atoms with Gasteiger partial charge in [0.15, 0.2) is 0 Å². The van der Waals surface area contributed by atoms with E-state index in [1.807, 2.05) is 31.0 Å². The van der Waals surface area contributed by atoms with Crippen molar-refractivity contribution in [2.75, 3.05) is 20.2 Å². The van der Waals surface area contributed by atoms with Crippen LogP contribution in [0.1, 0.15) is 37.8 Å². The Bertz CT molecular complexity index is 802. The summed E-state index contributed by atoms with van der Waals surface area (Å²) >= 11 is 0. The number of rotatable bonds is 4. The summed E-state index contributed by atoms with van der Waals surface area (Å²) < 4.78 is 5.53. The zero-order valence-corrected chi connectivity index (χ0v) is 15.5. The summed E-state index contributed by atoms with van der Waals surface area (Å²) in [7, 11) is 1.90. The van der Waals surface area contributed by atoms with Gasteiger partial charge in [-0.1, -0.05) is 30.3 Å². The number of hydrogen-bond acceptors (Lipinski definition) is 3. The first kappa shape index (κ1) is 17.1. The monoisotopic (exact) mass is 350 g/mol. The molecule has 2 fully saturated rings. The molecule has 0 radical (unpaired) electrons. The quantitative estimate of drug-likeness (QED) is 0.912. The molecule has 1 N–H and O–H groups in total. The van der Waals surface area contributed by atoms with Gasteiger partial charge in [0.1, 0.15) is 11.3 Å². The highest BCUT2D eigenvalue weighted by Gasteiger charge is 2.49. The summed E-state index contributed by atoms with van der Waals surface area (Å²) in [5, 5.41) is 3.66. The molecule has 2 heterocycles. The largest absolute Gasteiger partial charge is 0.494 e. The molecule has 2 saturated heterocycles. The Kier molecular flexibility index (Phi) is 4.45. The number of likely N-dealkylation sites (tertiary alicyclic amines) is 1. The number of carbonyl (C=O) groups excluding carboxylic acids is 1. The third kappa shape index (κ3) is 2.99. The van der Waals surface area contributed by atoms with E-state index in [9.17, 15) is 4.79 Å². The Morgan fingerprint density at radius 1 is 1.15 bits per heavy atom. The molecule has 0 bridgehead atoms. The van der Waals surface area contributed by atoms with E-state index >= 15 is 0 Å². The van der Waals surface area contributed by atoms with Crippen LogP contribution in [0, 0.1) is 0 Å². The first-order valence-electron chi connectivity index (χ1n) is 9.48. The lowest BCUT2D eigenvalue weighted by atomic mass is 9.95. The van der Waals surface area contributed by atoms with Gasteiger partial charge in [0, 0.05) is 19.6 Å². The first-order chi connectivity index (χ1) is 12.6. The fraction of sp³-hybridized carbons (Fsp3) is 0.409. The maximum Gasteiger partial charge on any atom is 0.242 e. The van der Waals surface area contributed by atoms with Gasteiger partial charge >= 0.3 is 0 Å². The summed E-state index contributed by atoms with van der Waals surface area (Å²) in [6.45, 7) is 3.52. The Morgan fingerprint density at radius 3 is 2.65 bits per heavy atom. The molecule has 2 atom stereocenters. The number of carbonyl (C=O) groups is 1. The number of benzene rings is 2. The number of nitrogens with one attached hydrogen (secondary N) is 1. The first-order valence-corrected chi connectivity index (χ1v) is 9.48. The molecular formula is C22H26N2O2. The molecule has 26 heavy (non-hydrogen) atoms. The van der Waals surface area contributed by atoms with Gasteiger partial charge in [0.2, 0.25) is 5.91 Å². The molecule has 4 nitrogen and oxygen atoms in total. The second kappa shape index (κ2) is 6.76. The van der Waals surface area contributed by atoms with Crippen molar-refractivity contribution in [2.24, 2.45) is 0 Å². The summed E-state index contributed by atoms with van der Waals surface area (Å²) in [4.78, 5) is 14.4. The summed E-state index contributed by atoms with van der Waals surface area (Å²) in [5.41, 5.74) is 3.30. The molecule has 0 saturated carbocycles. The second-order valence-electron chi connectivity index (χ2n) is 7.38. The van der Waals surface area contributed by atoms with Crippen LogP contribution in [0.25, 0.3) is 11.1 Å². The van der Waals surface area contributed by atoms with Crippen LogP contribution in [0.2, 0.25) is 0 Å². The third-order valence-electron chi connectivity index (χ3n) is 5.73. The van der Waals surface area contributed by atoms with E-state index in [0.717, 1.165) is 31.6 Å². The van der Waals surface area contributed by atoms with Gasteiger partial charge in [-0.15, -0.1) is 0 Å². The number of ether oxygens (including phenoxy) is 1. The van der Waals surface area contributed by atoms with Crippen molar-refractivity contribution < 1.29 is 9.53 Å². The standard InChI is InChI=1S/C22H26N2O2/c1-3-26-19-9-7-16(8-10-19)17-5-4-6-18(15-17)20-11-12-22(23-20)13-14-24(2)21(22)25/h4-10,15,20,23H,3,11-14H2,1-2H3/t20-,22-/m1/s1. The Morgan fingerprint density at radius 2 is 1.96 bits per heavy atom. The highest BCUT2D eigenvalue weighted by Crippen LogP contribution is 2.39. The van der Waals surface area contributed by atoms with Crippen LogP contribution in [0.4, 0.5) is 0 Å². The van der Waals surface area contributed by atoms with Crippen molar-refractivity contribution in [3.05, 3.63) is 54.1 Å². The number of likely N-dealkylation sites (N-methyl/N-ethyl adjacent to an activating group) is 1. The zero-order valence-electron chi connectivity index (χ0n) is 15.5. The van der Waals surface area contributed by atoms with Crippen molar-refractivity contribution in [3.63, 3.8) is 0 Å². The van der Waals surface area contributed by atoms with Crippen molar-refractivity contribution in [1.82, 2.24) is 10.2 Å². The molecule has 2 aliphatic heterocycles. The Labute approximate surface area is 155 Å². The zero-order chi connectivity index (χ0) is 18.1.